The fourth-order valence-corrected chi connectivity index (χ4v) is 1.94. The molecule has 0 aliphatic carbocycles. The Morgan fingerprint density at radius 2 is 1.74 bits per heavy atom. The molecule has 0 spiro atoms. The van der Waals surface area contributed by atoms with E-state index in [1.165, 1.54) is 5.56 Å². The number of aryl methyl sites for hydroxylation is 2. The van der Waals surface area contributed by atoms with Gasteiger partial charge in [-0.1, -0.05) is 41.4 Å². The topological polar surface area (TPSA) is 17.1 Å². The van der Waals surface area contributed by atoms with E-state index in [4.69, 9.17) is 11.6 Å². The van der Waals surface area contributed by atoms with Crippen molar-refractivity contribution < 1.29 is 4.79 Å². The van der Waals surface area contributed by atoms with E-state index in [-0.39, 0.29) is 5.78 Å². The lowest BCUT2D eigenvalue weighted by molar-refractivity contribution is 0.104. The Labute approximate surface area is 118 Å². The highest BCUT2D eigenvalue weighted by Gasteiger charge is 2.01. The SMILES string of the molecule is Cc1ccc(C)c(C=CC(=O)c2ccc(Cl)cc2)c1. The number of halogens is 1. The van der Waals surface area contributed by atoms with Crippen LogP contribution in [-0.2, 0) is 0 Å². The zero-order valence-corrected chi connectivity index (χ0v) is 11.7. The number of benzene rings is 2. The normalized spacial score (nSPS) is 10.9. The van der Waals surface area contributed by atoms with E-state index in [1.807, 2.05) is 19.9 Å². The van der Waals surface area contributed by atoms with Crippen molar-refractivity contribution in [2.75, 3.05) is 0 Å². The molecule has 0 atom stereocenters. The van der Waals surface area contributed by atoms with E-state index in [1.54, 1.807) is 30.3 Å². The number of hydrogen-bond donors (Lipinski definition) is 0. The van der Waals surface area contributed by atoms with E-state index in [0.29, 0.717) is 10.6 Å². The third-order valence-electron chi connectivity index (χ3n) is 2.98. The van der Waals surface area contributed by atoms with Crippen molar-refractivity contribution in [3.8, 4) is 0 Å². The lowest BCUT2D eigenvalue weighted by Gasteiger charge is -2.01. The van der Waals surface area contributed by atoms with Gasteiger partial charge >= 0.3 is 0 Å². The van der Waals surface area contributed by atoms with Gasteiger partial charge in [0.1, 0.15) is 0 Å². The van der Waals surface area contributed by atoms with Crippen LogP contribution in [0.4, 0.5) is 0 Å². The smallest absolute Gasteiger partial charge is 0.185 e. The molecule has 0 saturated carbocycles. The third kappa shape index (κ3) is 3.55. The molecular weight excluding hydrogens is 256 g/mol. The van der Waals surface area contributed by atoms with Crippen molar-refractivity contribution in [2.45, 2.75) is 13.8 Å². The van der Waals surface area contributed by atoms with Crippen molar-refractivity contribution in [3.63, 3.8) is 0 Å². The molecular formula is C17H15ClO. The second-order valence-electron chi connectivity index (χ2n) is 4.56. The molecule has 2 aromatic carbocycles. The molecule has 0 bridgehead atoms. The van der Waals surface area contributed by atoms with Gasteiger partial charge in [-0.05, 0) is 55.3 Å². The first-order chi connectivity index (χ1) is 9.06. The minimum absolute atomic E-state index is 0.0161. The van der Waals surface area contributed by atoms with Crippen LogP contribution in [0.1, 0.15) is 27.0 Å². The van der Waals surface area contributed by atoms with Gasteiger partial charge < -0.3 is 0 Å². The van der Waals surface area contributed by atoms with E-state index < -0.39 is 0 Å². The Hall–Kier alpha value is -1.86. The molecule has 2 rings (SSSR count). The molecule has 96 valence electrons. The Morgan fingerprint density at radius 1 is 1.05 bits per heavy atom. The molecule has 0 N–H and O–H groups in total. The maximum absolute atomic E-state index is 12.0. The Morgan fingerprint density at radius 3 is 2.42 bits per heavy atom. The first-order valence-electron chi connectivity index (χ1n) is 6.11. The van der Waals surface area contributed by atoms with E-state index in [9.17, 15) is 4.79 Å². The second-order valence-corrected chi connectivity index (χ2v) is 5.00. The first kappa shape index (κ1) is 13.6. The van der Waals surface area contributed by atoms with Crippen LogP contribution in [0.15, 0.2) is 48.5 Å². The van der Waals surface area contributed by atoms with Crippen molar-refractivity contribution in [3.05, 3.63) is 75.8 Å². The van der Waals surface area contributed by atoms with Gasteiger partial charge in [-0.15, -0.1) is 0 Å². The zero-order chi connectivity index (χ0) is 13.8. The van der Waals surface area contributed by atoms with Gasteiger partial charge in [0.15, 0.2) is 5.78 Å². The molecule has 0 amide bonds. The minimum atomic E-state index is -0.0161. The standard InChI is InChI=1S/C17H15ClO/c1-12-3-4-13(2)15(11-12)7-10-17(19)14-5-8-16(18)9-6-14/h3-11H,1-2H3. The van der Waals surface area contributed by atoms with Gasteiger partial charge in [-0.25, -0.2) is 0 Å². The minimum Gasteiger partial charge on any atom is -0.289 e. The lowest BCUT2D eigenvalue weighted by Crippen LogP contribution is -1.93. The van der Waals surface area contributed by atoms with Crippen LogP contribution in [-0.4, -0.2) is 5.78 Å². The van der Waals surface area contributed by atoms with Crippen LogP contribution in [0.2, 0.25) is 5.02 Å². The van der Waals surface area contributed by atoms with Crippen molar-refractivity contribution in [1.29, 1.82) is 0 Å². The summed E-state index contributed by atoms with van der Waals surface area (Å²) in [5.41, 5.74) is 4.06. The van der Waals surface area contributed by atoms with Crippen molar-refractivity contribution >= 4 is 23.5 Å². The van der Waals surface area contributed by atoms with Gasteiger partial charge in [-0.3, -0.25) is 4.79 Å². The van der Waals surface area contributed by atoms with E-state index in [2.05, 4.69) is 18.2 Å². The highest BCUT2D eigenvalue weighted by Crippen LogP contribution is 2.14. The zero-order valence-electron chi connectivity index (χ0n) is 11.0. The summed E-state index contributed by atoms with van der Waals surface area (Å²) >= 11 is 5.80. The largest absolute Gasteiger partial charge is 0.289 e. The van der Waals surface area contributed by atoms with Crippen LogP contribution in [0.25, 0.3) is 6.08 Å². The molecule has 0 aromatic heterocycles. The number of carbonyl (C=O) groups excluding carboxylic acids is 1. The highest BCUT2D eigenvalue weighted by molar-refractivity contribution is 6.30. The summed E-state index contributed by atoms with van der Waals surface area (Å²) in [4.78, 5) is 12.0. The Bertz CT molecular complexity index is 624. The van der Waals surface area contributed by atoms with Crippen LogP contribution in [0, 0.1) is 13.8 Å². The molecule has 0 radical (unpaired) electrons. The number of rotatable bonds is 3. The molecule has 0 aliphatic rings. The summed E-state index contributed by atoms with van der Waals surface area (Å²) < 4.78 is 0. The Kier molecular flexibility index (Phi) is 4.18. The molecule has 2 heteroatoms. The summed E-state index contributed by atoms with van der Waals surface area (Å²) in [6.07, 6.45) is 3.46. The maximum Gasteiger partial charge on any atom is 0.185 e. The molecule has 0 aliphatic heterocycles. The molecule has 2 aromatic rings. The molecule has 0 fully saturated rings. The fourth-order valence-electron chi connectivity index (χ4n) is 1.82. The van der Waals surface area contributed by atoms with Crippen molar-refractivity contribution in [1.82, 2.24) is 0 Å². The molecule has 0 heterocycles. The summed E-state index contributed by atoms with van der Waals surface area (Å²) in [7, 11) is 0. The molecule has 0 unspecified atom stereocenters. The summed E-state index contributed by atoms with van der Waals surface area (Å²) in [5, 5.41) is 0.634. The second kappa shape index (κ2) is 5.85. The summed E-state index contributed by atoms with van der Waals surface area (Å²) in [5.74, 6) is -0.0161. The molecule has 0 saturated heterocycles. The number of hydrogen-bond acceptors (Lipinski definition) is 1. The van der Waals surface area contributed by atoms with Gasteiger partial charge in [-0.2, -0.15) is 0 Å². The lowest BCUT2D eigenvalue weighted by atomic mass is 10.0. The van der Waals surface area contributed by atoms with Gasteiger partial charge in [0.2, 0.25) is 0 Å². The maximum atomic E-state index is 12.0. The van der Waals surface area contributed by atoms with E-state index >= 15 is 0 Å². The average Bonchev–Trinajstić information content (AvgIpc) is 2.40. The van der Waals surface area contributed by atoms with Gasteiger partial charge in [0.05, 0.1) is 0 Å². The first-order valence-corrected chi connectivity index (χ1v) is 6.49. The quantitative estimate of drug-likeness (QED) is 0.575. The highest BCUT2D eigenvalue weighted by atomic mass is 35.5. The third-order valence-corrected chi connectivity index (χ3v) is 3.23. The van der Waals surface area contributed by atoms with Gasteiger partial charge in [0, 0.05) is 10.6 Å². The number of ketones is 1. The number of allylic oxidation sites excluding steroid dienone is 1. The van der Waals surface area contributed by atoms with Gasteiger partial charge in [0.25, 0.3) is 0 Å². The monoisotopic (exact) mass is 270 g/mol. The average molecular weight is 271 g/mol. The van der Waals surface area contributed by atoms with Crippen LogP contribution in [0.5, 0.6) is 0 Å². The van der Waals surface area contributed by atoms with Crippen LogP contribution < -0.4 is 0 Å². The predicted octanol–water partition coefficient (Wildman–Crippen LogP) is 4.85. The summed E-state index contributed by atoms with van der Waals surface area (Å²) in [6.45, 7) is 4.07. The molecule has 19 heavy (non-hydrogen) atoms. The number of carbonyl (C=O) groups is 1. The van der Waals surface area contributed by atoms with Crippen LogP contribution in [0.3, 0.4) is 0 Å². The van der Waals surface area contributed by atoms with Crippen molar-refractivity contribution in [2.24, 2.45) is 0 Å². The van der Waals surface area contributed by atoms with Crippen LogP contribution >= 0.6 is 11.6 Å². The Balaban J connectivity index is 2.20. The van der Waals surface area contributed by atoms with E-state index in [0.717, 1.165) is 11.1 Å². The predicted molar refractivity (Wildman–Crippen MR) is 80.7 cm³/mol. The molecule has 1 nitrogen and oxygen atoms in total. The summed E-state index contributed by atoms with van der Waals surface area (Å²) in [6, 6.07) is 13.1. The fraction of sp³-hybridized carbons (Fsp3) is 0.118.